The minimum atomic E-state index is 0.0854. The number of methoxy groups -OCH3 is 1. The van der Waals surface area contributed by atoms with Crippen LogP contribution in [0.15, 0.2) is 59.6 Å². The molecular formula is C18H24N4O. The lowest BCUT2D eigenvalue weighted by Crippen LogP contribution is -2.27. The third kappa shape index (κ3) is 4.72. The van der Waals surface area contributed by atoms with Crippen LogP contribution >= 0.6 is 0 Å². The number of likely N-dealkylation sites (N-methyl/N-ethyl adjacent to an activating group) is 1. The molecule has 3 N–H and O–H groups in total. The summed E-state index contributed by atoms with van der Waals surface area (Å²) >= 11 is 0. The highest BCUT2D eigenvalue weighted by Crippen LogP contribution is 2.28. The summed E-state index contributed by atoms with van der Waals surface area (Å²) in [6, 6.07) is 17.8. The number of ether oxygens (including phenoxy) is 1. The van der Waals surface area contributed by atoms with Gasteiger partial charge in [-0.2, -0.15) is 0 Å². The summed E-state index contributed by atoms with van der Waals surface area (Å²) < 4.78 is 5.46. The van der Waals surface area contributed by atoms with E-state index in [1.54, 1.807) is 7.11 Å². The second-order valence-corrected chi connectivity index (χ2v) is 5.44. The van der Waals surface area contributed by atoms with E-state index in [2.05, 4.69) is 21.3 Å². The minimum Gasteiger partial charge on any atom is -0.496 e. The van der Waals surface area contributed by atoms with E-state index >= 15 is 0 Å². The molecule has 1 unspecified atom stereocenters. The van der Waals surface area contributed by atoms with Gasteiger partial charge >= 0.3 is 0 Å². The molecule has 5 nitrogen and oxygen atoms in total. The van der Waals surface area contributed by atoms with Crippen LogP contribution in [0.5, 0.6) is 5.75 Å². The number of rotatable bonds is 6. The Hall–Kier alpha value is -2.53. The number of para-hydroxylation sites is 2. The summed E-state index contributed by atoms with van der Waals surface area (Å²) in [6.07, 6.45) is 0. The molecule has 2 rings (SSSR count). The lowest BCUT2D eigenvalue weighted by Gasteiger charge is -2.25. The Bertz CT molecular complexity index is 640. The smallest absolute Gasteiger partial charge is 0.193 e. The fourth-order valence-electron chi connectivity index (χ4n) is 2.38. The molecule has 0 fully saturated rings. The van der Waals surface area contributed by atoms with Crippen LogP contribution in [0.2, 0.25) is 0 Å². The van der Waals surface area contributed by atoms with Crippen molar-refractivity contribution >= 4 is 11.6 Å². The molecule has 0 saturated carbocycles. The second kappa shape index (κ2) is 8.19. The Kier molecular flexibility index (Phi) is 6.00. The fraction of sp³-hybridized carbons (Fsp3) is 0.278. The van der Waals surface area contributed by atoms with Crippen LogP contribution in [-0.4, -0.2) is 38.6 Å². The number of hydrogen-bond acceptors (Lipinski definition) is 3. The first kappa shape index (κ1) is 16.8. The predicted molar refractivity (Wildman–Crippen MR) is 96.0 cm³/mol. The number of aliphatic imine (C=N–C) groups is 1. The van der Waals surface area contributed by atoms with Crippen molar-refractivity contribution in [2.24, 2.45) is 10.7 Å². The zero-order chi connectivity index (χ0) is 16.7. The first-order chi connectivity index (χ1) is 11.1. The highest BCUT2D eigenvalue weighted by Gasteiger charge is 2.17. The molecule has 0 saturated heterocycles. The van der Waals surface area contributed by atoms with Crippen molar-refractivity contribution in [1.82, 2.24) is 4.90 Å². The monoisotopic (exact) mass is 312 g/mol. The van der Waals surface area contributed by atoms with Gasteiger partial charge in [0.05, 0.1) is 19.7 Å². The summed E-state index contributed by atoms with van der Waals surface area (Å²) in [5.41, 5.74) is 8.01. The molecule has 122 valence electrons. The quantitative estimate of drug-likeness (QED) is 0.636. The highest BCUT2D eigenvalue weighted by molar-refractivity contribution is 5.92. The number of anilines is 1. The van der Waals surface area contributed by atoms with Gasteiger partial charge in [0.2, 0.25) is 0 Å². The summed E-state index contributed by atoms with van der Waals surface area (Å²) in [5, 5.41) is 3.09. The Balaban J connectivity index is 2.12. The first-order valence-corrected chi connectivity index (χ1v) is 7.53. The van der Waals surface area contributed by atoms with Crippen LogP contribution in [-0.2, 0) is 0 Å². The first-order valence-electron chi connectivity index (χ1n) is 7.53. The van der Waals surface area contributed by atoms with Crippen molar-refractivity contribution in [3.05, 3.63) is 60.2 Å². The van der Waals surface area contributed by atoms with Gasteiger partial charge in [0.15, 0.2) is 5.96 Å². The van der Waals surface area contributed by atoms with E-state index in [0.717, 1.165) is 17.0 Å². The molecule has 1 atom stereocenters. The molecule has 0 amide bonds. The maximum atomic E-state index is 5.99. The zero-order valence-electron chi connectivity index (χ0n) is 13.9. The van der Waals surface area contributed by atoms with Crippen molar-refractivity contribution in [1.29, 1.82) is 0 Å². The molecule has 0 aliphatic rings. The van der Waals surface area contributed by atoms with Crippen molar-refractivity contribution < 1.29 is 4.74 Å². The van der Waals surface area contributed by atoms with Crippen molar-refractivity contribution in [2.75, 3.05) is 33.1 Å². The third-order valence-corrected chi connectivity index (χ3v) is 3.60. The maximum absolute atomic E-state index is 5.99. The van der Waals surface area contributed by atoms with Gasteiger partial charge in [-0.05, 0) is 32.3 Å². The van der Waals surface area contributed by atoms with Crippen molar-refractivity contribution in [3.8, 4) is 5.75 Å². The Morgan fingerprint density at radius 3 is 2.43 bits per heavy atom. The van der Waals surface area contributed by atoms with Crippen LogP contribution in [0.25, 0.3) is 0 Å². The molecule has 0 aliphatic heterocycles. The predicted octanol–water partition coefficient (Wildman–Crippen LogP) is 2.72. The van der Waals surface area contributed by atoms with Gasteiger partial charge in [-0.15, -0.1) is 0 Å². The summed E-state index contributed by atoms with van der Waals surface area (Å²) in [4.78, 5) is 6.59. The van der Waals surface area contributed by atoms with E-state index in [1.165, 1.54) is 0 Å². The fourth-order valence-corrected chi connectivity index (χ4v) is 2.38. The third-order valence-electron chi connectivity index (χ3n) is 3.60. The van der Waals surface area contributed by atoms with E-state index in [0.29, 0.717) is 12.5 Å². The maximum Gasteiger partial charge on any atom is 0.193 e. The van der Waals surface area contributed by atoms with E-state index in [4.69, 9.17) is 10.5 Å². The SMILES string of the molecule is COc1ccccc1C(CN=C(N)Nc1ccccc1)N(C)C. The van der Waals surface area contributed by atoms with Crippen LogP contribution in [0.4, 0.5) is 5.69 Å². The van der Waals surface area contributed by atoms with E-state index < -0.39 is 0 Å². The average Bonchev–Trinajstić information content (AvgIpc) is 2.56. The second-order valence-electron chi connectivity index (χ2n) is 5.44. The molecule has 0 aliphatic carbocycles. The van der Waals surface area contributed by atoms with Crippen molar-refractivity contribution in [2.45, 2.75) is 6.04 Å². The van der Waals surface area contributed by atoms with Gasteiger partial charge in [-0.1, -0.05) is 36.4 Å². The Labute approximate surface area is 137 Å². The van der Waals surface area contributed by atoms with Gasteiger partial charge < -0.3 is 20.7 Å². The molecule has 0 spiro atoms. The molecule has 2 aromatic rings. The molecule has 2 aromatic carbocycles. The number of benzene rings is 2. The van der Waals surface area contributed by atoms with Gasteiger partial charge in [0.25, 0.3) is 0 Å². The van der Waals surface area contributed by atoms with Gasteiger partial charge in [-0.25, -0.2) is 0 Å². The molecule has 0 heterocycles. The van der Waals surface area contributed by atoms with E-state index in [-0.39, 0.29) is 6.04 Å². The Morgan fingerprint density at radius 1 is 1.13 bits per heavy atom. The largest absolute Gasteiger partial charge is 0.496 e. The lowest BCUT2D eigenvalue weighted by molar-refractivity contribution is 0.295. The van der Waals surface area contributed by atoms with Crippen LogP contribution < -0.4 is 15.8 Å². The standard InChI is InChI=1S/C18H24N4O/c1-22(2)16(15-11-7-8-12-17(15)23-3)13-20-18(19)21-14-9-5-4-6-10-14/h4-12,16H,13H2,1-3H3,(H3,19,20,21). The number of nitrogens with zero attached hydrogens (tertiary/aromatic N) is 2. The van der Waals surface area contributed by atoms with E-state index in [9.17, 15) is 0 Å². The van der Waals surface area contributed by atoms with Gasteiger partial charge in [-0.3, -0.25) is 4.99 Å². The molecular weight excluding hydrogens is 288 g/mol. The summed E-state index contributed by atoms with van der Waals surface area (Å²) in [5.74, 6) is 1.26. The van der Waals surface area contributed by atoms with Crippen LogP contribution in [0.1, 0.15) is 11.6 Å². The topological polar surface area (TPSA) is 62.9 Å². The highest BCUT2D eigenvalue weighted by atomic mass is 16.5. The molecule has 0 aromatic heterocycles. The number of guanidine groups is 1. The molecule has 23 heavy (non-hydrogen) atoms. The number of nitrogens with one attached hydrogen (secondary N) is 1. The lowest BCUT2D eigenvalue weighted by atomic mass is 10.0. The zero-order valence-corrected chi connectivity index (χ0v) is 13.9. The molecule has 0 bridgehead atoms. The van der Waals surface area contributed by atoms with Crippen LogP contribution in [0, 0.1) is 0 Å². The van der Waals surface area contributed by atoms with Gasteiger partial charge in [0.1, 0.15) is 5.75 Å². The molecule has 0 radical (unpaired) electrons. The van der Waals surface area contributed by atoms with Gasteiger partial charge in [0, 0.05) is 11.3 Å². The van der Waals surface area contributed by atoms with Crippen LogP contribution in [0.3, 0.4) is 0 Å². The number of nitrogens with two attached hydrogens (primary N) is 1. The average molecular weight is 312 g/mol. The van der Waals surface area contributed by atoms with Crippen molar-refractivity contribution in [3.63, 3.8) is 0 Å². The number of hydrogen-bond donors (Lipinski definition) is 2. The Morgan fingerprint density at radius 2 is 1.78 bits per heavy atom. The summed E-state index contributed by atoms with van der Waals surface area (Å²) in [7, 11) is 5.72. The summed E-state index contributed by atoms with van der Waals surface area (Å²) in [6.45, 7) is 0.541. The minimum absolute atomic E-state index is 0.0854. The molecule has 5 heteroatoms. The van der Waals surface area contributed by atoms with E-state index in [1.807, 2.05) is 62.6 Å². The normalized spacial score (nSPS) is 13.0.